The summed E-state index contributed by atoms with van der Waals surface area (Å²) in [5, 5.41) is 7.98. The molecule has 172 valence electrons. The van der Waals surface area contributed by atoms with Gasteiger partial charge in [0.15, 0.2) is 0 Å². The van der Waals surface area contributed by atoms with Crippen molar-refractivity contribution in [2.24, 2.45) is 0 Å². The largest absolute Gasteiger partial charge is 0.444 e. The molecule has 0 bridgehead atoms. The van der Waals surface area contributed by atoms with Gasteiger partial charge in [0.05, 0.1) is 28.0 Å². The molecule has 0 atom stereocenters. The van der Waals surface area contributed by atoms with Crippen molar-refractivity contribution < 1.29 is 14.3 Å². The van der Waals surface area contributed by atoms with E-state index in [1.807, 2.05) is 29.9 Å². The third-order valence-corrected chi connectivity index (χ3v) is 6.20. The number of aromatic amines is 1. The number of nitrogens with zero attached hydrogens (tertiary/aromatic N) is 3. The van der Waals surface area contributed by atoms with Crippen LogP contribution in [0.2, 0.25) is 0 Å². The molecule has 11 heteroatoms. The maximum Gasteiger partial charge on any atom is 0.408 e. The summed E-state index contributed by atoms with van der Waals surface area (Å²) >= 11 is 3.09. The zero-order chi connectivity index (χ0) is 23.6. The zero-order valence-corrected chi connectivity index (χ0v) is 20.3. The Labute approximate surface area is 198 Å². The van der Waals surface area contributed by atoms with E-state index in [0.29, 0.717) is 5.82 Å². The lowest BCUT2D eigenvalue weighted by molar-refractivity contribution is -0.120. The van der Waals surface area contributed by atoms with Crippen molar-refractivity contribution >= 4 is 44.9 Å². The first-order valence-electron chi connectivity index (χ1n) is 10.3. The first-order valence-corrected chi connectivity index (χ1v) is 12.0. The molecule has 4 rings (SSSR count). The number of ether oxygens (including phenoxy) is 1. The number of rotatable bonds is 6. The van der Waals surface area contributed by atoms with E-state index in [2.05, 4.69) is 31.7 Å². The number of benzene rings is 1. The van der Waals surface area contributed by atoms with Gasteiger partial charge in [0.25, 0.3) is 0 Å². The summed E-state index contributed by atoms with van der Waals surface area (Å²) in [5.41, 5.74) is 5.58. The van der Waals surface area contributed by atoms with Gasteiger partial charge in [0, 0.05) is 16.6 Å². The van der Waals surface area contributed by atoms with Gasteiger partial charge in [-0.3, -0.25) is 4.79 Å². The molecule has 3 aromatic heterocycles. The predicted octanol–water partition coefficient (Wildman–Crippen LogP) is 4.26. The molecule has 0 aliphatic rings. The Morgan fingerprint density at radius 3 is 2.70 bits per heavy atom. The molecule has 1 aromatic carbocycles. The second-order valence-corrected chi connectivity index (χ2v) is 10.1. The third-order valence-electron chi connectivity index (χ3n) is 4.44. The lowest BCUT2D eigenvalue weighted by Gasteiger charge is -2.19. The molecule has 33 heavy (non-hydrogen) atoms. The van der Waals surface area contributed by atoms with Gasteiger partial charge in [-0.25, -0.2) is 19.7 Å². The Hall–Kier alpha value is -3.31. The molecule has 0 saturated carbocycles. The SMILES string of the molecule is Cc1csc(-c2nc(CNC(=O)CNC(=O)OC(C)(C)C)[nH]c2-c2ccc3ncsc3c2)n1. The van der Waals surface area contributed by atoms with Crippen LogP contribution in [0.1, 0.15) is 32.3 Å². The molecule has 0 fully saturated rings. The van der Waals surface area contributed by atoms with Crippen LogP contribution in [0.3, 0.4) is 0 Å². The molecular formula is C22H24N6O3S2. The van der Waals surface area contributed by atoms with Crippen molar-refractivity contribution in [3.8, 4) is 22.0 Å². The standard InChI is InChI=1S/C22H24N6O3S2/c1-12-10-32-20(26-12)19-18(13-5-6-14-15(7-13)33-11-25-14)27-16(28-19)8-23-17(29)9-24-21(30)31-22(2,3)4/h5-7,10-11H,8-9H2,1-4H3,(H,23,29)(H,24,30)(H,27,28). The number of aryl methyl sites for hydroxylation is 1. The number of carbonyl (C=O) groups is 2. The maximum absolute atomic E-state index is 12.2. The Balaban J connectivity index is 1.50. The van der Waals surface area contributed by atoms with Gasteiger partial charge in [0.1, 0.15) is 28.7 Å². The molecular weight excluding hydrogens is 460 g/mol. The Kier molecular flexibility index (Phi) is 6.43. The van der Waals surface area contributed by atoms with E-state index in [-0.39, 0.29) is 19.0 Å². The van der Waals surface area contributed by atoms with E-state index in [1.165, 1.54) is 11.3 Å². The van der Waals surface area contributed by atoms with Crippen LogP contribution in [0.25, 0.3) is 32.2 Å². The van der Waals surface area contributed by atoms with Crippen LogP contribution in [0.5, 0.6) is 0 Å². The van der Waals surface area contributed by atoms with Gasteiger partial charge < -0.3 is 20.4 Å². The molecule has 0 saturated heterocycles. The fraction of sp³-hybridized carbons (Fsp3) is 0.318. The Bertz CT molecular complexity index is 1300. The first kappa shape index (κ1) is 22.9. The van der Waals surface area contributed by atoms with Crippen LogP contribution in [0, 0.1) is 6.92 Å². The fourth-order valence-corrected chi connectivity index (χ4v) is 4.56. The molecule has 3 heterocycles. The zero-order valence-electron chi connectivity index (χ0n) is 18.7. The normalized spacial score (nSPS) is 11.5. The van der Waals surface area contributed by atoms with Crippen LogP contribution >= 0.6 is 22.7 Å². The minimum absolute atomic E-state index is 0.176. The van der Waals surface area contributed by atoms with Crippen molar-refractivity contribution in [3.05, 3.63) is 40.6 Å². The fourth-order valence-electron chi connectivity index (χ4n) is 3.05. The molecule has 9 nitrogen and oxygen atoms in total. The second-order valence-electron chi connectivity index (χ2n) is 8.37. The highest BCUT2D eigenvalue weighted by Crippen LogP contribution is 2.34. The average Bonchev–Trinajstić information content (AvgIpc) is 3.47. The van der Waals surface area contributed by atoms with Gasteiger partial charge >= 0.3 is 6.09 Å². The summed E-state index contributed by atoms with van der Waals surface area (Å²) in [4.78, 5) is 40.9. The summed E-state index contributed by atoms with van der Waals surface area (Å²) in [6.45, 7) is 7.20. The average molecular weight is 485 g/mol. The molecule has 0 aliphatic carbocycles. The highest BCUT2D eigenvalue weighted by molar-refractivity contribution is 7.16. The molecule has 2 amide bonds. The third kappa shape index (κ3) is 5.74. The summed E-state index contributed by atoms with van der Waals surface area (Å²) in [7, 11) is 0. The molecule has 3 N–H and O–H groups in total. The lowest BCUT2D eigenvalue weighted by Crippen LogP contribution is -2.39. The molecule has 0 radical (unpaired) electrons. The monoisotopic (exact) mass is 484 g/mol. The van der Waals surface area contributed by atoms with Crippen LogP contribution < -0.4 is 10.6 Å². The van der Waals surface area contributed by atoms with Crippen molar-refractivity contribution in [2.45, 2.75) is 39.8 Å². The number of aromatic nitrogens is 4. The van der Waals surface area contributed by atoms with Crippen LogP contribution in [-0.4, -0.2) is 44.1 Å². The van der Waals surface area contributed by atoms with Crippen LogP contribution in [0.15, 0.2) is 29.1 Å². The number of thiazole rings is 2. The van der Waals surface area contributed by atoms with E-state index in [9.17, 15) is 9.59 Å². The highest BCUT2D eigenvalue weighted by Gasteiger charge is 2.19. The molecule has 0 aliphatic heterocycles. The van der Waals surface area contributed by atoms with Crippen LogP contribution in [-0.2, 0) is 16.1 Å². The number of carbonyl (C=O) groups excluding carboxylic acids is 2. The van der Waals surface area contributed by atoms with Gasteiger partial charge in [0.2, 0.25) is 5.91 Å². The number of fused-ring (bicyclic) bond motifs is 1. The maximum atomic E-state index is 12.2. The van der Waals surface area contributed by atoms with Gasteiger partial charge in [-0.2, -0.15) is 0 Å². The summed E-state index contributed by atoms with van der Waals surface area (Å²) in [6, 6.07) is 6.03. The van der Waals surface area contributed by atoms with Crippen molar-refractivity contribution in [2.75, 3.05) is 6.54 Å². The summed E-state index contributed by atoms with van der Waals surface area (Å²) in [6.07, 6.45) is -0.641. The minimum atomic E-state index is -0.641. The Morgan fingerprint density at radius 2 is 1.97 bits per heavy atom. The summed E-state index contributed by atoms with van der Waals surface area (Å²) in [5.74, 6) is 0.236. The first-order chi connectivity index (χ1) is 15.7. The minimum Gasteiger partial charge on any atom is -0.444 e. The number of hydrogen-bond acceptors (Lipinski definition) is 8. The molecule has 0 spiro atoms. The van der Waals surface area contributed by atoms with Gasteiger partial charge in [-0.1, -0.05) is 6.07 Å². The van der Waals surface area contributed by atoms with E-state index < -0.39 is 11.7 Å². The van der Waals surface area contributed by atoms with Crippen LogP contribution in [0.4, 0.5) is 4.79 Å². The van der Waals surface area contributed by atoms with Crippen molar-refractivity contribution in [1.82, 2.24) is 30.6 Å². The lowest BCUT2D eigenvalue weighted by atomic mass is 10.1. The van der Waals surface area contributed by atoms with Crippen molar-refractivity contribution in [1.29, 1.82) is 0 Å². The number of amides is 2. The highest BCUT2D eigenvalue weighted by atomic mass is 32.1. The van der Waals surface area contributed by atoms with Crippen molar-refractivity contribution in [3.63, 3.8) is 0 Å². The topological polar surface area (TPSA) is 122 Å². The smallest absolute Gasteiger partial charge is 0.408 e. The quantitative estimate of drug-likeness (QED) is 0.376. The number of H-pyrrole nitrogens is 1. The molecule has 0 unspecified atom stereocenters. The van der Waals surface area contributed by atoms with Gasteiger partial charge in [-0.05, 0) is 39.8 Å². The number of hydrogen-bond donors (Lipinski definition) is 3. The predicted molar refractivity (Wildman–Crippen MR) is 129 cm³/mol. The number of imidazole rings is 1. The van der Waals surface area contributed by atoms with E-state index in [1.54, 1.807) is 32.1 Å². The number of nitrogens with one attached hydrogen (secondary N) is 3. The van der Waals surface area contributed by atoms with E-state index in [0.717, 1.165) is 37.9 Å². The van der Waals surface area contributed by atoms with E-state index in [4.69, 9.17) is 9.72 Å². The van der Waals surface area contributed by atoms with E-state index >= 15 is 0 Å². The number of alkyl carbamates (subject to hydrolysis) is 1. The summed E-state index contributed by atoms with van der Waals surface area (Å²) < 4.78 is 6.21. The Morgan fingerprint density at radius 1 is 1.15 bits per heavy atom. The van der Waals surface area contributed by atoms with Gasteiger partial charge in [-0.15, -0.1) is 22.7 Å². The molecule has 4 aromatic rings. The second kappa shape index (κ2) is 9.28.